The van der Waals surface area contributed by atoms with Crippen LogP contribution in [0.2, 0.25) is 0 Å². The first-order valence-corrected chi connectivity index (χ1v) is 6.91. The van der Waals surface area contributed by atoms with Gasteiger partial charge in [0.05, 0.1) is 6.54 Å². The highest BCUT2D eigenvalue weighted by Gasteiger charge is 2.18. The van der Waals surface area contributed by atoms with Crippen LogP contribution >= 0.6 is 23.5 Å². The minimum absolute atomic E-state index is 0.681. The van der Waals surface area contributed by atoms with Crippen LogP contribution in [0.25, 0.3) is 0 Å². The number of nitrogens with zero attached hydrogens (tertiary/aromatic N) is 1. The van der Waals surface area contributed by atoms with Crippen LogP contribution in [0, 0.1) is 5.92 Å². The normalized spacial score (nSPS) is 33.5. The first-order valence-electron chi connectivity index (χ1n) is 4.87. The van der Waals surface area contributed by atoms with Crippen LogP contribution in [0.3, 0.4) is 0 Å². The predicted molar refractivity (Wildman–Crippen MR) is 62.8 cm³/mol. The van der Waals surface area contributed by atoms with Crippen molar-refractivity contribution in [2.24, 2.45) is 10.9 Å². The van der Waals surface area contributed by atoms with E-state index in [1.54, 1.807) is 0 Å². The van der Waals surface area contributed by atoms with Gasteiger partial charge in [0, 0.05) is 11.8 Å². The monoisotopic (exact) mass is 216 g/mol. The molecule has 74 valence electrons. The fraction of sp³-hybridized carbons (Fsp3) is 0.889. The fourth-order valence-corrected chi connectivity index (χ4v) is 3.68. The number of amidine groups is 1. The molecule has 0 aromatic rings. The molecule has 0 bridgehead atoms. The number of aliphatic imine (C=N–C) groups is 1. The maximum absolute atomic E-state index is 4.44. The zero-order valence-electron chi connectivity index (χ0n) is 7.95. The minimum Gasteiger partial charge on any atom is -0.365 e. The van der Waals surface area contributed by atoms with Gasteiger partial charge in [-0.25, -0.2) is 0 Å². The van der Waals surface area contributed by atoms with E-state index in [0.717, 1.165) is 19.0 Å². The van der Waals surface area contributed by atoms with Gasteiger partial charge in [-0.2, -0.15) is 11.8 Å². The molecule has 0 aromatic heterocycles. The van der Waals surface area contributed by atoms with Gasteiger partial charge in [0.2, 0.25) is 0 Å². The van der Waals surface area contributed by atoms with Crippen molar-refractivity contribution in [2.45, 2.75) is 18.6 Å². The number of nitrogens with one attached hydrogen (secondary N) is 1. The van der Waals surface area contributed by atoms with Crippen LogP contribution in [0.1, 0.15) is 13.3 Å². The van der Waals surface area contributed by atoms with Gasteiger partial charge >= 0.3 is 0 Å². The van der Waals surface area contributed by atoms with Crippen LogP contribution in [0.15, 0.2) is 4.99 Å². The molecule has 2 aliphatic rings. The van der Waals surface area contributed by atoms with Crippen LogP contribution in [0.5, 0.6) is 0 Å². The summed E-state index contributed by atoms with van der Waals surface area (Å²) in [6.07, 6.45) is 1.38. The summed E-state index contributed by atoms with van der Waals surface area (Å²) >= 11 is 3.96. The molecule has 0 saturated carbocycles. The Hall–Kier alpha value is 0.170. The van der Waals surface area contributed by atoms with Crippen molar-refractivity contribution in [3.8, 4) is 0 Å². The summed E-state index contributed by atoms with van der Waals surface area (Å²) in [6, 6.07) is 0. The van der Waals surface area contributed by atoms with Crippen molar-refractivity contribution in [3.63, 3.8) is 0 Å². The molecular weight excluding hydrogens is 200 g/mol. The molecular formula is C9H16N2S2. The molecule has 1 fully saturated rings. The molecule has 2 atom stereocenters. The molecule has 0 aromatic carbocycles. The molecule has 1 N–H and O–H groups in total. The lowest BCUT2D eigenvalue weighted by Gasteiger charge is -2.10. The van der Waals surface area contributed by atoms with Crippen molar-refractivity contribution in [1.29, 1.82) is 0 Å². The minimum atomic E-state index is 0.681. The number of hydrogen-bond acceptors (Lipinski definition) is 4. The Bertz CT molecular complexity index is 200. The number of thioether (sulfide) groups is 2. The lowest BCUT2D eigenvalue weighted by Crippen LogP contribution is -2.26. The smallest absolute Gasteiger partial charge is 0.156 e. The summed E-state index contributed by atoms with van der Waals surface area (Å²) in [5.41, 5.74) is 0. The van der Waals surface area contributed by atoms with E-state index in [9.17, 15) is 0 Å². The highest BCUT2D eigenvalue weighted by molar-refractivity contribution is 8.14. The molecule has 0 aliphatic carbocycles. The average molecular weight is 216 g/mol. The molecule has 4 heteroatoms. The molecule has 2 rings (SSSR count). The molecule has 1 saturated heterocycles. The SMILES string of the molecule is CC1CN=C(NCC2CCSC2)S1. The number of hydrogen-bond donors (Lipinski definition) is 1. The maximum atomic E-state index is 4.44. The van der Waals surface area contributed by atoms with Gasteiger partial charge in [-0.3, -0.25) is 4.99 Å². The fourth-order valence-electron chi connectivity index (χ4n) is 1.55. The van der Waals surface area contributed by atoms with E-state index in [1.165, 1.54) is 23.1 Å². The summed E-state index contributed by atoms with van der Waals surface area (Å²) in [5, 5.41) is 5.31. The van der Waals surface area contributed by atoms with Crippen LogP contribution < -0.4 is 5.32 Å². The van der Waals surface area contributed by atoms with E-state index in [2.05, 4.69) is 29.0 Å². The van der Waals surface area contributed by atoms with E-state index >= 15 is 0 Å². The van der Waals surface area contributed by atoms with Crippen LogP contribution in [0.4, 0.5) is 0 Å². The first-order chi connectivity index (χ1) is 6.34. The average Bonchev–Trinajstić information content (AvgIpc) is 2.71. The zero-order chi connectivity index (χ0) is 9.10. The van der Waals surface area contributed by atoms with Crippen LogP contribution in [-0.2, 0) is 0 Å². The summed E-state index contributed by atoms with van der Waals surface area (Å²) in [5.74, 6) is 3.56. The molecule has 13 heavy (non-hydrogen) atoms. The maximum Gasteiger partial charge on any atom is 0.156 e. The second-order valence-electron chi connectivity index (χ2n) is 3.68. The largest absolute Gasteiger partial charge is 0.365 e. The van der Waals surface area contributed by atoms with Gasteiger partial charge < -0.3 is 5.32 Å². The van der Waals surface area contributed by atoms with E-state index < -0.39 is 0 Å². The zero-order valence-corrected chi connectivity index (χ0v) is 9.59. The lowest BCUT2D eigenvalue weighted by molar-refractivity contribution is 0.583. The van der Waals surface area contributed by atoms with Gasteiger partial charge in [0.25, 0.3) is 0 Å². The Balaban J connectivity index is 1.67. The van der Waals surface area contributed by atoms with Gasteiger partial charge in [-0.15, -0.1) is 0 Å². The Labute approximate surface area is 88.3 Å². The van der Waals surface area contributed by atoms with Crippen LogP contribution in [-0.4, -0.2) is 35.0 Å². The second kappa shape index (κ2) is 4.60. The Morgan fingerprint density at radius 2 is 2.54 bits per heavy atom. The summed E-state index contributed by atoms with van der Waals surface area (Å²) in [6.45, 7) is 4.35. The molecule has 0 radical (unpaired) electrons. The standard InChI is InChI=1S/C9H16N2S2/c1-7-4-10-9(13-7)11-5-8-2-3-12-6-8/h7-8H,2-6H2,1H3,(H,10,11). The number of rotatable bonds is 2. The molecule has 2 aliphatic heterocycles. The van der Waals surface area contributed by atoms with Crippen molar-refractivity contribution in [2.75, 3.05) is 24.6 Å². The summed E-state index contributed by atoms with van der Waals surface area (Å²) in [4.78, 5) is 4.44. The molecule has 0 amide bonds. The van der Waals surface area contributed by atoms with Gasteiger partial charge in [-0.05, 0) is 23.8 Å². The Morgan fingerprint density at radius 3 is 3.15 bits per heavy atom. The van der Waals surface area contributed by atoms with Crippen molar-refractivity contribution in [1.82, 2.24) is 5.32 Å². The van der Waals surface area contributed by atoms with Crippen molar-refractivity contribution >= 4 is 28.7 Å². The van der Waals surface area contributed by atoms with E-state index in [0.29, 0.717) is 5.25 Å². The first kappa shape index (κ1) is 9.71. The predicted octanol–water partition coefficient (Wildman–Crippen LogP) is 1.82. The van der Waals surface area contributed by atoms with E-state index in [1.807, 2.05) is 11.8 Å². The molecule has 2 nitrogen and oxygen atoms in total. The third-order valence-electron chi connectivity index (χ3n) is 2.37. The van der Waals surface area contributed by atoms with Gasteiger partial charge in [0.15, 0.2) is 5.17 Å². The van der Waals surface area contributed by atoms with E-state index in [4.69, 9.17) is 0 Å². The summed E-state index contributed by atoms with van der Waals surface area (Å²) in [7, 11) is 0. The van der Waals surface area contributed by atoms with Gasteiger partial charge in [0.1, 0.15) is 0 Å². The molecule has 2 heterocycles. The topological polar surface area (TPSA) is 24.4 Å². The Morgan fingerprint density at radius 1 is 1.62 bits per heavy atom. The molecule has 2 unspecified atom stereocenters. The van der Waals surface area contributed by atoms with Gasteiger partial charge in [-0.1, -0.05) is 18.7 Å². The highest BCUT2D eigenvalue weighted by Crippen LogP contribution is 2.23. The summed E-state index contributed by atoms with van der Waals surface area (Å²) < 4.78 is 0. The van der Waals surface area contributed by atoms with E-state index in [-0.39, 0.29) is 0 Å². The third kappa shape index (κ3) is 2.81. The quantitative estimate of drug-likeness (QED) is 0.762. The lowest BCUT2D eigenvalue weighted by atomic mass is 10.1. The van der Waals surface area contributed by atoms with Crippen molar-refractivity contribution < 1.29 is 0 Å². The Kier molecular flexibility index (Phi) is 3.44. The molecule has 0 spiro atoms. The second-order valence-corrected chi connectivity index (χ2v) is 6.26. The van der Waals surface area contributed by atoms with Crippen molar-refractivity contribution in [3.05, 3.63) is 0 Å². The third-order valence-corrected chi connectivity index (χ3v) is 4.65. The highest BCUT2D eigenvalue weighted by atomic mass is 32.2.